The van der Waals surface area contributed by atoms with Crippen LogP contribution >= 0.6 is 11.3 Å². The van der Waals surface area contributed by atoms with Gasteiger partial charge in [0.05, 0.1) is 11.4 Å². The second-order valence-electron chi connectivity index (χ2n) is 5.57. The van der Waals surface area contributed by atoms with Crippen molar-refractivity contribution in [2.45, 2.75) is 27.2 Å². The Kier molecular flexibility index (Phi) is 5.55. The topological polar surface area (TPSA) is 49.4 Å². The molecular formula is C18H22N2O2S. The van der Waals surface area contributed by atoms with E-state index in [1.807, 2.05) is 51.1 Å². The van der Waals surface area contributed by atoms with E-state index in [1.54, 1.807) is 7.05 Å². The molecule has 2 rings (SSSR count). The highest BCUT2D eigenvalue weighted by Crippen LogP contribution is 2.22. The van der Waals surface area contributed by atoms with Crippen LogP contribution in [-0.4, -0.2) is 30.3 Å². The van der Waals surface area contributed by atoms with Gasteiger partial charge >= 0.3 is 0 Å². The second-order valence-corrected chi connectivity index (χ2v) is 6.83. The third kappa shape index (κ3) is 4.20. The average molecular weight is 330 g/mol. The van der Waals surface area contributed by atoms with E-state index in [-0.39, 0.29) is 18.4 Å². The van der Waals surface area contributed by atoms with E-state index >= 15 is 0 Å². The minimum absolute atomic E-state index is 0.0346. The lowest BCUT2D eigenvalue weighted by molar-refractivity contribution is -0.116. The van der Waals surface area contributed by atoms with Crippen molar-refractivity contribution in [1.82, 2.24) is 4.90 Å². The fourth-order valence-corrected chi connectivity index (χ4v) is 3.32. The van der Waals surface area contributed by atoms with Gasteiger partial charge in [-0.3, -0.25) is 9.59 Å². The minimum atomic E-state index is -0.188. The predicted octanol–water partition coefficient (Wildman–Crippen LogP) is 3.64. The van der Waals surface area contributed by atoms with E-state index in [0.29, 0.717) is 4.88 Å². The van der Waals surface area contributed by atoms with Gasteiger partial charge < -0.3 is 10.2 Å². The molecule has 2 aromatic rings. The molecule has 1 heterocycles. The van der Waals surface area contributed by atoms with Crippen molar-refractivity contribution in [1.29, 1.82) is 0 Å². The van der Waals surface area contributed by atoms with Gasteiger partial charge in [-0.2, -0.15) is 0 Å². The number of amides is 2. The molecule has 0 aliphatic rings. The summed E-state index contributed by atoms with van der Waals surface area (Å²) in [6.45, 7) is 6.05. The fourth-order valence-electron chi connectivity index (χ4n) is 2.29. The van der Waals surface area contributed by atoms with Crippen molar-refractivity contribution in [3.05, 3.63) is 51.2 Å². The van der Waals surface area contributed by atoms with Crippen molar-refractivity contribution >= 4 is 28.8 Å². The number of likely N-dealkylation sites (N-methyl/N-ethyl adjacent to an activating group) is 1. The number of nitrogens with one attached hydrogen (secondary N) is 1. The Morgan fingerprint density at radius 1 is 1.22 bits per heavy atom. The summed E-state index contributed by atoms with van der Waals surface area (Å²) in [5.41, 5.74) is 3.00. The van der Waals surface area contributed by atoms with E-state index < -0.39 is 0 Å². The summed E-state index contributed by atoms with van der Waals surface area (Å²) in [5.74, 6) is -0.308. The number of hydrogen-bond donors (Lipinski definition) is 1. The summed E-state index contributed by atoms with van der Waals surface area (Å²) >= 11 is 1.47. The first-order valence-corrected chi connectivity index (χ1v) is 8.44. The van der Waals surface area contributed by atoms with Gasteiger partial charge in [-0.05, 0) is 43.5 Å². The summed E-state index contributed by atoms with van der Waals surface area (Å²) in [7, 11) is 1.65. The molecule has 0 aliphatic heterocycles. The lowest BCUT2D eigenvalue weighted by Crippen LogP contribution is -2.34. The van der Waals surface area contributed by atoms with Gasteiger partial charge in [-0.1, -0.05) is 25.1 Å². The van der Waals surface area contributed by atoms with Crippen molar-refractivity contribution in [3.63, 3.8) is 0 Å². The Labute approximate surface area is 141 Å². The molecule has 1 aromatic heterocycles. The zero-order chi connectivity index (χ0) is 17.0. The summed E-state index contributed by atoms with van der Waals surface area (Å²) in [4.78, 5) is 27.8. The zero-order valence-corrected chi connectivity index (χ0v) is 14.8. The summed E-state index contributed by atoms with van der Waals surface area (Å²) in [6, 6.07) is 9.59. The standard InChI is InChI=1S/C18H22N2O2S/c1-5-14-8-6-7-9-15(14)19-17(21)11-20(4)18(22)16-10-12(2)13(3)23-16/h6-10H,5,11H2,1-4H3,(H,19,21). The number of anilines is 1. The third-order valence-corrected chi connectivity index (χ3v) is 4.92. The highest BCUT2D eigenvalue weighted by molar-refractivity contribution is 7.14. The highest BCUT2D eigenvalue weighted by atomic mass is 32.1. The van der Waals surface area contributed by atoms with E-state index in [2.05, 4.69) is 5.32 Å². The maximum atomic E-state index is 12.4. The van der Waals surface area contributed by atoms with Gasteiger partial charge in [-0.25, -0.2) is 0 Å². The number of thiophene rings is 1. The lowest BCUT2D eigenvalue weighted by atomic mass is 10.1. The third-order valence-electron chi connectivity index (χ3n) is 3.78. The summed E-state index contributed by atoms with van der Waals surface area (Å²) < 4.78 is 0. The second kappa shape index (κ2) is 7.42. The largest absolute Gasteiger partial charge is 0.332 e. The van der Waals surface area contributed by atoms with E-state index in [9.17, 15) is 9.59 Å². The Morgan fingerprint density at radius 2 is 1.91 bits per heavy atom. The Balaban J connectivity index is 2.00. The van der Waals surface area contributed by atoms with Crippen molar-refractivity contribution in [2.75, 3.05) is 18.9 Å². The van der Waals surface area contributed by atoms with Crippen LogP contribution in [0.2, 0.25) is 0 Å². The van der Waals surface area contributed by atoms with Crippen LogP contribution in [0.25, 0.3) is 0 Å². The fraction of sp³-hybridized carbons (Fsp3) is 0.333. The monoisotopic (exact) mass is 330 g/mol. The molecule has 1 aromatic carbocycles. The number of carbonyl (C=O) groups is 2. The molecule has 0 saturated heterocycles. The van der Waals surface area contributed by atoms with Gasteiger partial charge in [0.2, 0.25) is 5.91 Å². The Hall–Kier alpha value is -2.14. The number of hydrogen-bond acceptors (Lipinski definition) is 3. The average Bonchev–Trinajstić information content (AvgIpc) is 2.86. The first kappa shape index (κ1) is 17.2. The molecule has 23 heavy (non-hydrogen) atoms. The van der Waals surface area contributed by atoms with Crippen LogP contribution in [0.4, 0.5) is 5.69 Å². The van der Waals surface area contributed by atoms with E-state index in [4.69, 9.17) is 0 Å². The van der Waals surface area contributed by atoms with Crippen LogP contribution in [0.15, 0.2) is 30.3 Å². The SMILES string of the molecule is CCc1ccccc1NC(=O)CN(C)C(=O)c1cc(C)c(C)s1. The first-order valence-electron chi connectivity index (χ1n) is 7.62. The summed E-state index contributed by atoms with van der Waals surface area (Å²) in [6.07, 6.45) is 0.846. The van der Waals surface area contributed by atoms with Crippen LogP contribution < -0.4 is 5.32 Å². The summed E-state index contributed by atoms with van der Waals surface area (Å²) in [5, 5.41) is 2.89. The Morgan fingerprint density at radius 3 is 2.52 bits per heavy atom. The zero-order valence-electron chi connectivity index (χ0n) is 14.0. The van der Waals surface area contributed by atoms with E-state index in [0.717, 1.165) is 28.1 Å². The molecule has 122 valence electrons. The number of carbonyl (C=O) groups excluding carboxylic acids is 2. The normalized spacial score (nSPS) is 10.4. The highest BCUT2D eigenvalue weighted by Gasteiger charge is 2.18. The molecule has 1 N–H and O–H groups in total. The molecule has 0 aliphatic carbocycles. The molecule has 0 spiro atoms. The lowest BCUT2D eigenvalue weighted by Gasteiger charge is -2.17. The number of aryl methyl sites for hydroxylation is 3. The van der Waals surface area contributed by atoms with Crippen molar-refractivity contribution in [2.24, 2.45) is 0 Å². The van der Waals surface area contributed by atoms with Crippen LogP contribution in [0.1, 0.15) is 32.6 Å². The molecule has 0 fully saturated rings. The maximum Gasteiger partial charge on any atom is 0.264 e. The molecule has 0 saturated carbocycles. The molecule has 5 heteroatoms. The smallest absolute Gasteiger partial charge is 0.264 e. The molecule has 2 amide bonds. The molecule has 0 bridgehead atoms. The number of nitrogens with zero attached hydrogens (tertiary/aromatic N) is 1. The van der Waals surface area contributed by atoms with Crippen molar-refractivity contribution in [3.8, 4) is 0 Å². The molecular weight excluding hydrogens is 308 g/mol. The van der Waals surface area contributed by atoms with Crippen LogP contribution in [0, 0.1) is 13.8 Å². The van der Waals surface area contributed by atoms with Gasteiger partial charge in [-0.15, -0.1) is 11.3 Å². The van der Waals surface area contributed by atoms with Gasteiger partial charge in [0.15, 0.2) is 0 Å². The maximum absolute atomic E-state index is 12.4. The minimum Gasteiger partial charge on any atom is -0.332 e. The number of rotatable bonds is 5. The first-order chi connectivity index (χ1) is 10.9. The molecule has 0 unspecified atom stereocenters. The quantitative estimate of drug-likeness (QED) is 0.910. The Bertz CT molecular complexity index is 702. The molecule has 0 radical (unpaired) electrons. The number of para-hydroxylation sites is 1. The van der Waals surface area contributed by atoms with Gasteiger partial charge in [0.25, 0.3) is 5.91 Å². The van der Waals surface area contributed by atoms with E-state index in [1.165, 1.54) is 16.2 Å². The van der Waals surface area contributed by atoms with Crippen molar-refractivity contribution < 1.29 is 9.59 Å². The van der Waals surface area contributed by atoms with Crippen LogP contribution in [0.3, 0.4) is 0 Å². The van der Waals surface area contributed by atoms with Crippen LogP contribution in [-0.2, 0) is 11.2 Å². The molecule has 4 nitrogen and oxygen atoms in total. The predicted molar refractivity (Wildman–Crippen MR) is 95.2 cm³/mol. The molecule has 0 atom stereocenters. The number of benzene rings is 1. The van der Waals surface area contributed by atoms with Crippen LogP contribution in [0.5, 0.6) is 0 Å². The van der Waals surface area contributed by atoms with Gasteiger partial charge in [0.1, 0.15) is 0 Å². The van der Waals surface area contributed by atoms with Gasteiger partial charge in [0, 0.05) is 17.6 Å².